The van der Waals surface area contributed by atoms with Crippen LogP contribution in [0.1, 0.15) is 30.9 Å². The molecule has 1 aliphatic rings. The molecule has 3 N–H and O–H groups in total. The number of nitrogens with zero attached hydrogens (tertiary/aromatic N) is 1. The molecule has 182 valence electrons. The van der Waals surface area contributed by atoms with Gasteiger partial charge in [0.05, 0.1) is 25.2 Å². The van der Waals surface area contributed by atoms with E-state index in [1.54, 1.807) is 38.1 Å². The van der Waals surface area contributed by atoms with Crippen molar-refractivity contribution in [1.82, 2.24) is 0 Å². The van der Waals surface area contributed by atoms with Crippen molar-refractivity contribution in [1.29, 1.82) is 5.26 Å². The smallest absolute Gasteiger partial charge is 0.338 e. The molecule has 0 fully saturated rings. The van der Waals surface area contributed by atoms with Gasteiger partial charge in [0.15, 0.2) is 18.1 Å². The molecule has 0 saturated carbocycles. The van der Waals surface area contributed by atoms with E-state index in [1.807, 2.05) is 31.2 Å². The highest BCUT2D eigenvalue weighted by atomic mass is 16.5. The van der Waals surface area contributed by atoms with Crippen molar-refractivity contribution in [3.63, 3.8) is 0 Å². The lowest BCUT2D eigenvalue weighted by Crippen LogP contribution is -2.25. The summed E-state index contributed by atoms with van der Waals surface area (Å²) >= 11 is 0. The van der Waals surface area contributed by atoms with E-state index in [0.717, 1.165) is 5.56 Å². The summed E-state index contributed by atoms with van der Waals surface area (Å²) in [6, 6.07) is 14.4. The Bertz CT molecular complexity index is 1240. The van der Waals surface area contributed by atoms with Gasteiger partial charge in [-0.15, -0.1) is 0 Å². The fourth-order valence-electron chi connectivity index (χ4n) is 3.71. The Morgan fingerprint density at radius 3 is 2.57 bits per heavy atom. The van der Waals surface area contributed by atoms with Gasteiger partial charge in [-0.05, 0) is 50.1 Å². The Morgan fingerprint density at radius 2 is 1.91 bits per heavy atom. The van der Waals surface area contributed by atoms with E-state index in [4.69, 9.17) is 24.7 Å². The van der Waals surface area contributed by atoms with Crippen LogP contribution in [0.5, 0.6) is 11.5 Å². The second kappa shape index (κ2) is 11.1. The van der Waals surface area contributed by atoms with Crippen LogP contribution in [0.25, 0.3) is 0 Å². The predicted octanol–water partition coefficient (Wildman–Crippen LogP) is 3.67. The third-order valence-electron chi connectivity index (χ3n) is 5.40. The molecule has 3 rings (SSSR count). The van der Waals surface area contributed by atoms with Gasteiger partial charge in [-0.3, -0.25) is 4.79 Å². The van der Waals surface area contributed by atoms with Gasteiger partial charge in [0.25, 0.3) is 5.91 Å². The number of rotatable bonds is 8. The summed E-state index contributed by atoms with van der Waals surface area (Å²) in [5.74, 6) is -0.971. The topological polar surface area (TPSA) is 133 Å². The largest absolute Gasteiger partial charge is 0.493 e. The second-order valence-electron chi connectivity index (χ2n) is 7.68. The number of allylic oxidation sites excluding steroid dienone is 2. The summed E-state index contributed by atoms with van der Waals surface area (Å²) in [7, 11) is 1.45. The minimum Gasteiger partial charge on any atom is -0.493 e. The summed E-state index contributed by atoms with van der Waals surface area (Å²) in [6.45, 7) is 5.08. The predicted molar refractivity (Wildman–Crippen MR) is 128 cm³/mol. The molecule has 0 bridgehead atoms. The van der Waals surface area contributed by atoms with Crippen LogP contribution in [0, 0.1) is 18.3 Å². The minimum absolute atomic E-state index is 0.0759. The van der Waals surface area contributed by atoms with Crippen LogP contribution in [-0.2, 0) is 19.1 Å². The molecule has 1 atom stereocenters. The number of anilines is 1. The third-order valence-corrected chi connectivity index (χ3v) is 5.40. The van der Waals surface area contributed by atoms with Gasteiger partial charge < -0.3 is 30.0 Å². The quantitative estimate of drug-likeness (QED) is 0.550. The Hall–Kier alpha value is -4.45. The normalized spacial score (nSPS) is 15.1. The van der Waals surface area contributed by atoms with E-state index >= 15 is 0 Å². The highest BCUT2D eigenvalue weighted by Crippen LogP contribution is 2.42. The van der Waals surface area contributed by atoms with E-state index in [1.165, 1.54) is 7.11 Å². The van der Waals surface area contributed by atoms with Crippen LogP contribution < -0.4 is 20.5 Å². The molecule has 0 aliphatic carbocycles. The number of benzene rings is 2. The highest BCUT2D eigenvalue weighted by Gasteiger charge is 2.36. The first-order valence-corrected chi connectivity index (χ1v) is 10.9. The number of carbonyl (C=O) groups excluding carboxylic acids is 2. The van der Waals surface area contributed by atoms with Crippen molar-refractivity contribution in [2.75, 3.05) is 25.6 Å². The number of carbonyl (C=O) groups is 2. The van der Waals surface area contributed by atoms with E-state index in [0.29, 0.717) is 22.7 Å². The van der Waals surface area contributed by atoms with Crippen molar-refractivity contribution in [3.8, 4) is 17.6 Å². The molecular weight excluding hydrogens is 450 g/mol. The molecule has 2 aromatic rings. The lowest BCUT2D eigenvalue weighted by molar-refractivity contribution is -0.139. The Labute approximate surface area is 203 Å². The molecule has 1 amide bonds. The number of ether oxygens (including phenoxy) is 4. The number of nitrogens with two attached hydrogens (primary N) is 1. The Balaban J connectivity index is 1.87. The Morgan fingerprint density at radius 1 is 1.17 bits per heavy atom. The molecule has 1 unspecified atom stereocenters. The van der Waals surface area contributed by atoms with Gasteiger partial charge >= 0.3 is 5.97 Å². The first-order valence-electron chi connectivity index (χ1n) is 10.9. The number of hydrogen-bond acceptors (Lipinski definition) is 8. The first-order chi connectivity index (χ1) is 16.8. The maximum absolute atomic E-state index is 12.7. The second-order valence-corrected chi connectivity index (χ2v) is 7.68. The molecule has 2 aromatic carbocycles. The number of nitriles is 1. The molecular formula is C26H27N3O6. The van der Waals surface area contributed by atoms with Crippen molar-refractivity contribution >= 4 is 17.6 Å². The minimum atomic E-state index is -0.819. The van der Waals surface area contributed by atoms with Crippen LogP contribution in [0.3, 0.4) is 0 Å². The average molecular weight is 478 g/mol. The van der Waals surface area contributed by atoms with Crippen LogP contribution in [0.2, 0.25) is 0 Å². The lowest BCUT2D eigenvalue weighted by Gasteiger charge is -2.27. The summed E-state index contributed by atoms with van der Waals surface area (Å²) in [6.07, 6.45) is 0. The van der Waals surface area contributed by atoms with E-state index in [-0.39, 0.29) is 41.9 Å². The van der Waals surface area contributed by atoms with Crippen LogP contribution in [0.4, 0.5) is 5.69 Å². The molecule has 0 aromatic heterocycles. The molecule has 0 radical (unpaired) electrons. The highest BCUT2D eigenvalue weighted by molar-refractivity contribution is 5.93. The van der Waals surface area contributed by atoms with Crippen LogP contribution in [0.15, 0.2) is 65.3 Å². The zero-order valence-corrected chi connectivity index (χ0v) is 20.0. The number of nitrogens with one attached hydrogen (secondary N) is 1. The van der Waals surface area contributed by atoms with E-state index in [2.05, 4.69) is 5.32 Å². The summed E-state index contributed by atoms with van der Waals surface area (Å²) in [5.41, 5.74) is 8.37. The third kappa shape index (κ3) is 5.55. The lowest BCUT2D eigenvalue weighted by atomic mass is 9.83. The zero-order valence-electron chi connectivity index (χ0n) is 20.0. The van der Waals surface area contributed by atoms with Gasteiger partial charge in [-0.25, -0.2) is 4.79 Å². The number of methoxy groups -OCH3 is 1. The zero-order chi connectivity index (χ0) is 25.5. The van der Waals surface area contributed by atoms with Gasteiger partial charge in [0, 0.05) is 5.69 Å². The van der Waals surface area contributed by atoms with E-state index < -0.39 is 11.9 Å². The fourth-order valence-corrected chi connectivity index (χ4v) is 3.71. The monoisotopic (exact) mass is 477 g/mol. The number of aryl methyl sites for hydroxylation is 1. The molecule has 35 heavy (non-hydrogen) atoms. The molecule has 0 saturated heterocycles. The maximum atomic E-state index is 12.7. The fraction of sp³-hybridized carbons (Fsp3) is 0.269. The maximum Gasteiger partial charge on any atom is 0.338 e. The summed E-state index contributed by atoms with van der Waals surface area (Å²) in [4.78, 5) is 25.1. The molecule has 1 aliphatic heterocycles. The van der Waals surface area contributed by atoms with Crippen molar-refractivity contribution in [2.45, 2.75) is 26.7 Å². The van der Waals surface area contributed by atoms with E-state index in [9.17, 15) is 14.9 Å². The molecule has 9 nitrogen and oxygen atoms in total. The molecule has 0 spiro atoms. The van der Waals surface area contributed by atoms with Crippen molar-refractivity contribution in [3.05, 3.63) is 76.4 Å². The van der Waals surface area contributed by atoms with Gasteiger partial charge in [0.2, 0.25) is 5.88 Å². The summed E-state index contributed by atoms with van der Waals surface area (Å²) in [5, 5.41) is 12.5. The van der Waals surface area contributed by atoms with Gasteiger partial charge in [0.1, 0.15) is 17.4 Å². The number of esters is 1. The van der Waals surface area contributed by atoms with Crippen LogP contribution in [-0.4, -0.2) is 32.2 Å². The SMILES string of the molecule is CCOC(=O)C1=C(C)OC(N)=C(C#N)C1c1ccc(OCC(=O)Nc2ccccc2C)c(OC)c1. The first kappa shape index (κ1) is 25.2. The molecule has 1 heterocycles. The van der Waals surface area contributed by atoms with Crippen molar-refractivity contribution in [2.24, 2.45) is 5.73 Å². The van der Waals surface area contributed by atoms with Crippen LogP contribution >= 0.6 is 0 Å². The van der Waals surface area contributed by atoms with Gasteiger partial charge in [-0.2, -0.15) is 5.26 Å². The Kier molecular flexibility index (Phi) is 8.00. The standard InChI is InChI=1S/C26H27N3O6/c1-5-33-26(31)23-16(3)35-25(28)18(13-27)24(23)17-10-11-20(21(12-17)32-4)34-14-22(30)29-19-9-7-6-8-15(19)2/h6-12,24H,5,14,28H2,1-4H3,(H,29,30). The number of amides is 1. The average Bonchev–Trinajstić information content (AvgIpc) is 2.83. The molecule has 9 heteroatoms. The van der Waals surface area contributed by atoms with Gasteiger partial charge in [-0.1, -0.05) is 24.3 Å². The number of para-hydroxylation sites is 1. The summed E-state index contributed by atoms with van der Waals surface area (Å²) < 4.78 is 21.8. The van der Waals surface area contributed by atoms with Crippen molar-refractivity contribution < 1.29 is 28.5 Å². The number of hydrogen-bond donors (Lipinski definition) is 2.